The fourth-order valence-corrected chi connectivity index (χ4v) is 2.51. The monoisotopic (exact) mass is 399 g/mol. The quantitative estimate of drug-likeness (QED) is 0.537. The molecular formula is C17H16ClF2N3O4. The van der Waals surface area contributed by atoms with Crippen molar-refractivity contribution in [1.82, 2.24) is 4.90 Å². The molecule has 0 saturated carbocycles. The van der Waals surface area contributed by atoms with Crippen LogP contribution in [0, 0.1) is 10.1 Å². The molecule has 0 aromatic heterocycles. The summed E-state index contributed by atoms with van der Waals surface area (Å²) in [4.78, 5) is 24.0. The molecule has 2 aromatic rings. The van der Waals surface area contributed by atoms with Crippen LogP contribution in [0.25, 0.3) is 0 Å². The zero-order valence-electron chi connectivity index (χ0n) is 14.2. The summed E-state index contributed by atoms with van der Waals surface area (Å²) < 4.78 is 28.5. The summed E-state index contributed by atoms with van der Waals surface area (Å²) >= 11 is 5.73. The molecule has 0 saturated heterocycles. The lowest BCUT2D eigenvalue weighted by Crippen LogP contribution is -2.29. The smallest absolute Gasteiger partial charge is 0.387 e. The average molecular weight is 400 g/mol. The van der Waals surface area contributed by atoms with Crippen molar-refractivity contribution in [2.45, 2.75) is 13.2 Å². The number of nitro benzene ring substituents is 1. The van der Waals surface area contributed by atoms with E-state index in [1.165, 1.54) is 30.3 Å². The Labute approximate surface area is 158 Å². The highest BCUT2D eigenvalue weighted by molar-refractivity contribution is 6.32. The molecule has 0 bridgehead atoms. The lowest BCUT2D eigenvalue weighted by atomic mass is 10.2. The van der Waals surface area contributed by atoms with Gasteiger partial charge >= 0.3 is 6.61 Å². The predicted molar refractivity (Wildman–Crippen MR) is 96.1 cm³/mol. The molecule has 0 atom stereocenters. The number of likely N-dealkylation sites (N-methyl/N-ethyl adjacent to an activating group) is 1. The van der Waals surface area contributed by atoms with E-state index in [4.69, 9.17) is 11.6 Å². The van der Waals surface area contributed by atoms with E-state index < -0.39 is 11.5 Å². The molecule has 1 amide bonds. The summed E-state index contributed by atoms with van der Waals surface area (Å²) in [5.41, 5.74) is 0.765. The predicted octanol–water partition coefficient (Wildman–Crippen LogP) is 3.92. The van der Waals surface area contributed by atoms with Gasteiger partial charge in [0, 0.05) is 18.3 Å². The van der Waals surface area contributed by atoms with Gasteiger partial charge in [0.05, 0.1) is 11.5 Å². The molecule has 0 aliphatic carbocycles. The number of alkyl halides is 2. The largest absolute Gasteiger partial charge is 0.435 e. The summed E-state index contributed by atoms with van der Waals surface area (Å²) in [6.07, 6.45) is 0. The van der Waals surface area contributed by atoms with E-state index in [1.807, 2.05) is 0 Å². The van der Waals surface area contributed by atoms with E-state index in [2.05, 4.69) is 10.1 Å². The maximum Gasteiger partial charge on any atom is 0.387 e. The van der Waals surface area contributed by atoms with Crippen molar-refractivity contribution in [2.24, 2.45) is 0 Å². The maximum atomic E-state index is 12.1. The van der Waals surface area contributed by atoms with Crippen LogP contribution < -0.4 is 10.1 Å². The minimum Gasteiger partial charge on any atom is -0.435 e. The standard InChI is InChI=1S/C17H16ClF2N3O4/c1-22(9-11-2-5-13(6-3-11)27-17(19)20)10-16(24)21-12-4-7-14(18)15(8-12)23(25)26/h2-8,17H,9-10H2,1H3,(H,21,24). The molecule has 0 aliphatic rings. The van der Waals surface area contributed by atoms with E-state index >= 15 is 0 Å². The van der Waals surface area contributed by atoms with Gasteiger partial charge in [0.2, 0.25) is 5.91 Å². The first-order chi connectivity index (χ1) is 12.7. The molecule has 0 radical (unpaired) electrons. The van der Waals surface area contributed by atoms with Crippen molar-refractivity contribution in [3.8, 4) is 5.75 Å². The van der Waals surface area contributed by atoms with Crippen molar-refractivity contribution in [1.29, 1.82) is 0 Å². The third kappa shape index (κ3) is 6.46. The first-order valence-corrected chi connectivity index (χ1v) is 8.08. The number of hydrogen-bond acceptors (Lipinski definition) is 5. The zero-order valence-corrected chi connectivity index (χ0v) is 15.0. The molecule has 10 heteroatoms. The van der Waals surface area contributed by atoms with Crippen LogP contribution in [-0.2, 0) is 11.3 Å². The highest BCUT2D eigenvalue weighted by Gasteiger charge is 2.14. The lowest BCUT2D eigenvalue weighted by molar-refractivity contribution is -0.384. The normalized spacial score (nSPS) is 10.9. The van der Waals surface area contributed by atoms with Crippen molar-refractivity contribution in [3.63, 3.8) is 0 Å². The fourth-order valence-electron chi connectivity index (χ4n) is 2.32. The molecule has 0 fully saturated rings. The molecule has 2 aromatic carbocycles. The van der Waals surface area contributed by atoms with Gasteiger partial charge in [-0.1, -0.05) is 23.7 Å². The Morgan fingerprint density at radius 1 is 1.30 bits per heavy atom. The molecule has 144 valence electrons. The van der Waals surface area contributed by atoms with Gasteiger partial charge in [-0.05, 0) is 36.9 Å². The van der Waals surface area contributed by atoms with Crippen molar-refractivity contribution in [3.05, 3.63) is 63.2 Å². The molecule has 0 spiro atoms. The number of nitro groups is 1. The van der Waals surface area contributed by atoms with E-state index in [-0.39, 0.29) is 34.6 Å². The minimum atomic E-state index is -2.88. The van der Waals surface area contributed by atoms with Crippen molar-refractivity contribution in [2.75, 3.05) is 18.9 Å². The van der Waals surface area contributed by atoms with Crippen LogP contribution in [0.4, 0.5) is 20.2 Å². The van der Waals surface area contributed by atoms with E-state index in [1.54, 1.807) is 24.1 Å². The maximum absolute atomic E-state index is 12.1. The van der Waals surface area contributed by atoms with Crippen LogP contribution in [0.1, 0.15) is 5.56 Å². The fraction of sp³-hybridized carbons (Fsp3) is 0.235. The summed E-state index contributed by atoms with van der Waals surface area (Å²) in [6.45, 7) is -2.47. The van der Waals surface area contributed by atoms with Crippen LogP contribution in [-0.4, -0.2) is 35.9 Å². The van der Waals surface area contributed by atoms with Crippen LogP contribution in [0.15, 0.2) is 42.5 Å². The molecule has 2 rings (SSSR count). The molecule has 0 heterocycles. The Bertz CT molecular complexity index is 818. The van der Waals surface area contributed by atoms with Gasteiger partial charge in [-0.3, -0.25) is 19.8 Å². The number of carbonyl (C=O) groups excluding carboxylic acids is 1. The van der Waals surface area contributed by atoms with Gasteiger partial charge in [-0.15, -0.1) is 0 Å². The van der Waals surface area contributed by atoms with Crippen molar-refractivity contribution < 1.29 is 23.2 Å². The van der Waals surface area contributed by atoms with Gasteiger partial charge in [0.1, 0.15) is 10.8 Å². The number of anilines is 1. The Morgan fingerprint density at radius 3 is 2.56 bits per heavy atom. The average Bonchev–Trinajstić information content (AvgIpc) is 2.57. The molecular weight excluding hydrogens is 384 g/mol. The highest BCUT2D eigenvalue weighted by atomic mass is 35.5. The Hall–Kier alpha value is -2.78. The van der Waals surface area contributed by atoms with Gasteiger partial charge in [-0.25, -0.2) is 0 Å². The summed E-state index contributed by atoms with van der Waals surface area (Å²) in [6, 6.07) is 10.1. The number of ether oxygens (including phenoxy) is 1. The van der Waals surface area contributed by atoms with Gasteiger partial charge < -0.3 is 10.1 Å². The number of hydrogen-bond donors (Lipinski definition) is 1. The number of halogens is 3. The van der Waals surface area contributed by atoms with Crippen LogP contribution >= 0.6 is 11.6 Å². The van der Waals surface area contributed by atoms with E-state index in [9.17, 15) is 23.7 Å². The topological polar surface area (TPSA) is 84.7 Å². The number of amides is 1. The molecule has 27 heavy (non-hydrogen) atoms. The molecule has 7 nitrogen and oxygen atoms in total. The minimum absolute atomic E-state index is 0.0191. The second kappa shape index (κ2) is 9.24. The summed E-state index contributed by atoms with van der Waals surface area (Å²) in [5.74, 6) is -0.315. The van der Waals surface area contributed by atoms with Gasteiger partial charge in [-0.2, -0.15) is 8.78 Å². The highest BCUT2D eigenvalue weighted by Crippen LogP contribution is 2.27. The number of nitrogens with zero attached hydrogens (tertiary/aromatic N) is 2. The van der Waals surface area contributed by atoms with Crippen LogP contribution in [0.5, 0.6) is 5.75 Å². The number of carbonyl (C=O) groups is 1. The van der Waals surface area contributed by atoms with Gasteiger partial charge in [0.15, 0.2) is 0 Å². The number of benzene rings is 2. The zero-order chi connectivity index (χ0) is 20.0. The summed E-state index contributed by atoms with van der Waals surface area (Å²) in [7, 11) is 1.70. The molecule has 1 N–H and O–H groups in total. The van der Waals surface area contributed by atoms with Crippen LogP contribution in [0.2, 0.25) is 5.02 Å². The Morgan fingerprint density at radius 2 is 1.96 bits per heavy atom. The SMILES string of the molecule is CN(CC(=O)Nc1ccc(Cl)c([N+](=O)[O-])c1)Cc1ccc(OC(F)F)cc1. The summed E-state index contributed by atoms with van der Waals surface area (Å²) in [5, 5.41) is 13.4. The first-order valence-electron chi connectivity index (χ1n) is 7.70. The number of nitrogens with one attached hydrogen (secondary N) is 1. The Balaban J connectivity index is 1.90. The van der Waals surface area contributed by atoms with Gasteiger partial charge in [0.25, 0.3) is 5.69 Å². The van der Waals surface area contributed by atoms with Crippen molar-refractivity contribution >= 4 is 28.9 Å². The Kier molecular flexibility index (Phi) is 7.03. The molecule has 0 unspecified atom stereocenters. The first kappa shape index (κ1) is 20.5. The van der Waals surface area contributed by atoms with Crippen LogP contribution in [0.3, 0.4) is 0 Å². The molecule has 0 aliphatic heterocycles. The second-order valence-corrected chi connectivity index (χ2v) is 6.07. The van der Waals surface area contributed by atoms with E-state index in [0.717, 1.165) is 5.56 Å². The number of rotatable bonds is 8. The third-order valence-corrected chi connectivity index (χ3v) is 3.76. The van der Waals surface area contributed by atoms with E-state index in [0.29, 0.717) is 6.54 Å². The third-order valence-electron chi connectivity index (χ3n) is 3.44. The second-order valence-electron chi connectivity index (χ2n) is 5.67. The lowest BCUT2D eigenvalue weighted by Gasteiger charge is -2.16.